The summed E-state index contributed by atoms with van der Waals surface area (Å²) in [6.07, 6.45) is 0. The SMILES string of the molecule is CC(C)[C@H]1CSC(=NCc2cccs2)N1. The largest absolute Gasteiger partial charge is 0.361 e. The van der Waals surface area contributed by atoms with E-state index < -0.39 is 0 Å². The number of aliphatic imine (C=N–C) groups is 1. The fourth-order valence-electron chi connectivity index (χ4n) is 1.41. The Kier molecular flexibility index (Phi) is 3.70. The molecule has 1 aromatic rings. The van der Waals surface area contributed by atoms with E-state index in [0.29, 0.717) is 12.0 Å². The van der Waals surface area contributed by atoms with Crippen LogP contribution in [0.2, 0.25) is 0 Å². The molecule has 2 rings (SSSR count). The number of amidine groups is 1. The minimum Gasteiger partial charge on any atom is -0.361 e. The maximum Gasteiger partial charge on any atom is 0.157 e. The number of hydrogen-bond acceptors (Lipinski definition) is 3. The summed E-state index contributed by atoms with van der Waals surface area (Å²) in [6, 6.07) is 4.80. The summed E-state index contributed by atoms with van der Waals surface area (Å²) in [4.78, 5) is 5.91. The van der Waals surface area contributed by atoms with Crippen molar-refractivity contribution in [2.45, 2.75) is 26.4 Å². The smallest absolute Gasteiger partial charge is 0.157 e. The van der Waals surface area contributed by atoms with Crippen molar-refractivity contribution in [3.63, 3.8) is 0 Å². The van der Waals surface area contributed by atoms with Crippen molar-refractivity contribution >= 4 is 28.3 Å². The predicted octanol–water partition coefficient (Wildman–Crippen LogP) is 2.97. The molecular weight excluding hydrogens is 224 g/mol. The van der Waals surface area contributed by atoms with Crippen LogP contribution in [0.1, 0.15) is 18.7 Å². The summed E-state index contributed by atoms with van der Waals surface area (Å²) in [5.74, 6) is 1.84. The van der Waals surface area contributed by atoms with Gasteiger partial charge in [-0.3, -0.25) is 4.99 Å². The first kappa shape index (κ1) is 11.0. The Hall–Kier alpha value is -0.480. The molecule has 2 heterocycles. The molecule has 4 heteroatoms. The third-order valence-electron chi connectivity index (χ3n) is 2.47. The van der Waals surface area contributed by atoms with Gasteiger partial charge in [-0.15, -0.1) is 11.3 Å². The highest BCUT2D eigenvalue weighted by Gasteiger charge is 2.22. The Labute approximate surface area is 99.2 Å². The van der Waals surface area contributed by atoms with E-state index in [9.17, 15) is 0 Å². The monoisotopic (exact) mass is 240 g/mol. The van der Waals surface area contributed by atoms with Crippen molar-refractivity contribution in [2.24, 2.45) is 10.9 Å². The molecule has 15 heavy (non-hydrogen) atoms. The number of nitrogens with one attached hydrogen (secondary N) is 1. The summed E-state index contributed by atoms with van der Waals surface area (Å²) in [6.45, 7) is 5.32. The first-order valence-corrected chi connectivity index (χ1v) is 7.08. The summed E-state index contributed by atoms with van der Waals surface area (Å²) < 4.78 is 0. The van der Waals surface area contributed by atoms with Crippen LogP contribution < -0.4 is 5.32 Å². The number of thiophene rings is 1. The van der Waals surface area contributed by atoms with E-state index >= 15 is 0 Å². The molecular formula is C11H16N2S2. The average Bonchev–Trinajstić information content (AvgIpc) is 2.86. The molecule has 0 amide bonds. The van der Waals surface area contributed by atoms with Crippen LogP contribution in [0, 0.1) is 5.92 Å². The zero-order valence-electron chi connectivity index (χ0n) is 9.06. The van der Waals surface area contributed by atoms with E-state index in [1.165, 1.54) is 4.88 Å². The van der Waals surface area contributed by atoms with Gasteiger partial charge in [0.05, 0.1) is 6.54 Å². The molecule has 0 bridgehead atoms. The van der Waals surface area contributed by atoms with Crippen molar-refractivity contribution < 1.29 is 0 Å². The zero-order chi connectivity index (χ0) is 10.7. The molecule has 2 nitrogen and oxygen atoms in total. The fraction of sp³-hybridized carbons (Fsp3) is 0.545. The van der Waals surface area contributed by atoms with Gasteiger partial charge < -0.3 is 5.32 Å². The van der Waals surface area contributed by atoms with Gasteiger partial charge in [0.25, 0.3) is 0 Å². The first-order valence-electron chi connectivity index (χ1n) is 5.22. The number of thioether (sulfide) groups is 1. The maximum absolute atomic E-state index is 4.58. The lowest BCUT2D eigenvalue weighted by Gasteiger charge is -2.12. The maximum atomic E-state index is 4.58. The second kappa shape index (κ2) is 5.03. The van der Waals surface area contributed by atoms with Gasteiger partial charge in [-0.2, -0.15) is 0 Å². The van der Waals surface area contributed by atoms with Crippen molar-refractivity contribution in [1.29, 1.82) is 0 Å². The lowest BCUT2D eigenvalue weighted by molar-refractivity contribution is 0.503. The predicted molar refractivity (Wildman–Crippen MR) is 69.7 cm³/mol. The standard InChI is InChI=1S/C11H16N2S2/c1-8(2)10-7-15-11(13-10)12-6-9-4-3-5-14-9/h3-5,8,10H,6-7H2,1-2H3,(H,12,13)/t10-/m1/s1. The molecule has 0 unspecified atom stereocenters. The van der Waals surface area contributed by atoms with Gasteiger partial charge in [-0.1, -0.05) is 31.7 Å². The van der Waals surface area contributed by atoms with E-state index in [4.69, 9.17) is 0 Å². The van der Waals surface area contributed by atoms with Crippen molar-refractivity contribution in [1.82, 2.24) is 5.32 Å². The molecule has 1 aliphatic heterocycles. The van der Waals surface area contributed by atoms with E-state index in [1.54, 1.807) is 11.3 Å². The Morgan fingerprint density at radius 3 is 3.07 bits per heavy atom. The normalized spacial score (nSPS) is 23.7. The van der Waals surface area contributed by atoms with E-state index in [-0.39, 0.29) is 0 Å². The highest BCUT2D eigenvalue weighted by Crippen LogP contribution is 2.20. The minimum absolute atomic E-state index is 0.595. The highest BCUT2D eigenvalue weighted by atomic mass is 32.2. The molecule has 0 radical (unpaired) electrons. The van der Waals surface area contributed by atoms with Crippen LogP contribution in [-0.4, -0.2) is 17.0 Å². The number of hydrogen-bond donors (Lipinski definition) is 1. The lowest BCUT2D eigenvalue weighted by Crippen LogP contribution is -2.31. The topological polar surface area (TPSA) is 24.4 Å². The van der Waals surface area contributed by atoms with Gasteiger partial charge >= 0.3 is 0 Å². The average molecular weight is 240 g/mol. The molecule has 0 aliphatic carbocycles. The molecule has 1 atom stereocenters. The van der Waals surface area contributed by atoms with Gasteiger partial charge in [-0.25, -0.2) is 0 Å². The summed E-state index contributed by atoms with van der Waals surface area (Å²) >= 11 is 3.61. The molecule has 1 N–H and O–H groups in total. The second-order valence-corrected chi connectivity index (χ2v) is 6.05. The van der Waals surface area contributed by atoms with Gasteiger partial charge in [0.1, 0.15) is 0 Å². The molecule has 82 valence electrons. The van der Waals surface area contributed by atoms with Crippen molar-refractivity contribution in [3.05, 3.63) is 22.4 Å². The van der Waals surface area contributed by atoms with Crippen LogP contribution in [0.15, 0.2) is 22.5 Å². The van der Waals surface area contributed by atoms with E-state index in [1.807, 2.05) is 11.8 Å². The second-order valence-electron chi connectivity index (χ2n) is 4.01. The Balaban J connectivity index is 1.88. The van der Waals surface area contributed by atoms with Gasteiger partial charge in [0.15, 0.2) is 5.17 Å². The minimum atomic E-state index is 0.595. The van der Waals surface area contributed by atoms with Gasteiger partial charge in [-0.05, 0) is 17.4 Å². The van der Waals surface area contributed by atoms with Crippen LogP contribution in [0.5, 0.6) is 0 Å². The van der Waals surface area contributed by atoms with Crippen LogP contribution in [-0.2, 0) is 6.54 Å². The molecule has 1 aromatic heterocycles. The first-order chi connectivity index (χ1) is 7.25. The third kappa shape index (κ3) is 2.98. The molecule has 1 aliphatic rings. The Bertz CT molecular complexity index is 330. The van der Waals surface area contributed by atoms with Crippen molar-refractivity contribution in [2.75, 3.05) is 5.75 Å². The number of nitrogens with zero attached hydrogens (tertiary/aromatic N) is 1. The van der Waals surface area contributed by atoms with Crippen molar-refractivity contribution in [3.8, 4) is 0 Å². The summed E-state index contributed by atoms with van der Waals surface area (Å²) in [5, 5.41) is 6.68. The molecule has 1 saturated heterocycles. The zero-order valence-corrected chi connectivity index (χ0v) is 10.7. The van der Waals surface area contributed by atoms with Crippen LogP contribution in [0.4, 0.5) is 0 Å². The molecule has 0 saturated carbocycles. The van der Waals surface area contributed by atoms with Crippen LogP contribution in [0.3, 0.4) is 0 Å². The molecule has 0 spiro atoms. The third-order valence-corrected chi connectivity index (χ3v) is 4.38. The van der Waals surface area contributed by atoms with Gasteiger partial charge in [0.2, 0.25) is 0 Å². The molecule has 1 fully saturated rings. The fourth-order valence-corrected chi connectivity index (χ4v) is 3.24. The van der Waals surface area contributed by atoms with Crippen LogP contribution >= 0.6 is 23.1 Å². The summed E-state index contributed by atoms with van der Waals surface area (Å²) in [5.41, 5.74) is 0. The summed E-state index contributed by atoms with van der Waals surface area (Å²) in [7, 11) is 0. The Morgan fingerprint density at radius 1 is 1.60 bits per heavy atom. The Morgan fingerprint density at radius 2 is 2.47 bits per heavy atom. The highest BCUT2D eigenvalue weighted by molar-refractivity contribution is 8.14. The number of rotatable bonds is 3. The van der Waals surface area contributed by atoms with E-state index in [0.717, 1.165) is 17.5 Å². The van der Waals surface area contributed by atoms with Crippen LogP contribution in [0.25, 0.3) is 0 Å². The van der Waals surface area contributed by atoms with Gasteiger partial charge in [0, 0.05) is 16.7 Å². The quantitative estimate of drug-likeness (QED) is 0.878. The molecule has 0 aromatic carbocycles. The lowest BCUT2D eigenvalue weighted by atomic mass is 10.1. The van der Waals surface area contributed by atoms with E-state index in [2.05, 4.69) is 41.7 Å².